The van der Waals surface area contributed by atoms with E-state index in [2.05, 4.69) is 41.0 Å². The third kappa shape index (κ3) is 3.29. The Balaban J connectivity index is 1.46. The predicted molar refractivity (Wildman–Crippen MR) is 103 cm³/mol. The van der Waals surface area contributed by atoms with Crippen molar-refractivity contribution in [1.82, 2.24) is 9.80 Å². The average molecular weight is 357 g/mol. The van der Waals surface area contributed by atoms with Gasteiger partial charge in [-0.2, -0.15) is 0 Å². The summed E-state index contributed by atoms with van der Waals surface area (Å²) >= 11 is 0. The van der Waals surface area contributed by atoms with Crippen molar-refractivity contribution >= 4 is 5.91 Å². The number of nitrogens with zero attached hydrogens (tertiary/aromatic N) is 2. The van der Waals surface area contributed by atoms with E-state index in [-0.39, 0.29) is 24.0 Å². The molecule has 1 N–H and O–H groups in total. The van der Waals surface area contributed by atoms with Gasteiger partial charge in [-0.25, -0.2) is 0 Å². The minimum atomic E-state index is -0.156. The number of piperidine rings is 1. The summed E-state index contributed by atoms with van der Waals surface area (Å²) in [6.45, 7) is 5.14. The van der Waals surface area contributed by atoms with Crippen LogP contribution < -0.4 is 0 Å². The molecule has 0 radical (unpaired) electrons. The Bertz CT molecular complexity index is 626. The molecule has 0 saturated carbocycles. The van der Waals surface area contributed by atoms with Gasteiger partial charge in [0.2, 0.25) is 5.91 Å². The molecule has 4 nitrogen and oxygen atoms in total. The number of fused-ring (bicyclic) bond motifs is 2. The molecular formula is C22H32N2O2. The minimum absolute atomic E-state index is 0.156. The van der Waals surface area contributed by atoms with Gasteiger partial charge in [0.05, 0.1) is 13.2 Å². The number of carbonyl (C=O) groups is 1. The second kappa shape index (κ2) is 7.32. The minimum Gasteiger partial charge on any atom is -0.396 e. The van der Waals surface area contributed by atoms with Crippen LogP contribution in [0.2, 0.25) is 0 Å². The number of carbonyl (C=O) groups excluding carboxylic acids is 1. The second-order valence-electron chi connectivity index (χ2n) is 8.89. The molecule has 0 aromatic heterocycles. The highest BCUT2D eigenvalue weighted by Crippen LogP contribution is 2.51. The van der Waals surface area contributed by atoms with E-state index >= 15 is 0 Å². The van der Waals surface area contributed by atoms with Crippen LogP contribution in [-0.2, 0) is 11.2 Å². The Labute approximate surface area is 157 Å². The molecule has 142 valence electrons. The van der Waals surface area contributed by atoms with E-state index < -0.39 is 0 Å². The van der Waals surface area contributed by atoms with Crippen molar-refractivity contribution in [2.45, 2.75) is 57.5 Å². The maximum absolute atomic E-state index is 13.1. The van der Waals surface area contributed by atoms with Gasteiger partial charge in [-0.05, 0) is 63.1 Å². The first kappa shape index (κ1) is 18.0. The standard InChI is InChI=1S/C22H32N2O2/c1-17-9-11-23(12-10-17)15-21(26)24-19-7-8-20(24)22(14-19,16-25)13-18-5-3-2-4-6-18/h2-6,17,19-20,25H,7-16H2,1H3/t19-,20+,22-/m0/s1. The van der Waals surface area contributed by atoms with Gasteiger partial charge in [0.15, 0.2) is 0 Å². The molecule has 1 aromatic rings. The Hall–Kier alpha value is -1.39. The van der Waals surface area contributed by atoms with E-state index in [1.165, 1.54) is 18.4 Å². The molecule has 3 saturated heterocycles. The third-order valence-corrected chi connectivity index (χ3v) is 7.09. The van der Waals surface area contributed by atoms with E-state index in [4.69, 9.17) is 0 Å². The van der Waals surface area contributed by atoms with Crippen molar-refractivity contribution in [3.05, 3.63) is 35.9 Å². The van der Waals surface area contributed by atoms with Crippen LogP contribution in [0.15, 0.2) is 30.3 Å². The zero-order chi connectivity index (χ0) is 18.1. The number of aliphatic hydroxyl groups excluding tert-OH is 1. The maximum Gasteiger partial charge on any atom is 0.237 e. The van der Waals surface area contributed by atoms with Gasteiger partial charge in [-0.3, -0.25) is 9.69 Å². The van der Waals surface area contributed by atoms with Crippen LogP contribution in [-0.4, -0.2) is 59.1 Å². The van der Waals surface area contributed by atoms with Crippen molar-refractivity contribution in [3.63, 3.8) is 0 Å². The topological polar surface area (TPSA) is 43.8 Å². The van der Waals surface area contributed by atoms with E-state index in [0.717, 1.165) is 44.7 Å². The number of rotatable bonds is 5. The van der Waals surface area contributed by atoms with Crippen LogP contribution in [0.3, 0.4) is 0 Å². The molecule has 3 atom stereocenters. The summed E-state index contributed by atoms with van der Waals surface area (Å²) in [6, 6.07) is 11.0. The van der Waals surface area contributed by atoms with Crippen LogP contribution in [0.1, 0.15) is 44.6 Å². The molecule has 26 heavy (non-hydrogen) atoms. The van der Waals surface area contributed by atoms with Crippen molar-refractivity contribution < 1.29 is 9.90 Å². The zero-order valence-corrected chi connectivity index (χ0v) is 15.9. The monoisotopic (exact) mass is 356 g/mol. The highest BCUT2D eigenvalue weighted by Gasteiger charge is 2.56. The van der Waals surface area contributed by atoms with Gasteiger partial charge in [0.1, 0.15) is 0 Å². The van der Waals surface area contributed by atoms with Crippen molar-refractivity contribution in [1.29, 1.82) is 0 Å². The Kier molecular flexibility index (Phi) is 5.07. The molecule has 1 amide bonds. The Morgan fingerprint density at radius 3 is 2.58 bits per heavy atom. The van der Waals surface area contributed by atoms with E-state index in [9.17, 15) is 9.90 Å². The molecule has 4 rings (SSSR count). The van der Waals surface area contributed by atoms with Crippen LogP contribution >= 0.6 is 0 Å². The summed E-state index contributed by atoms with van der Waals surface area (Å²) in [5, 5.41) is 10.3. The average Bonchev–Trinajstić information content (AvgIpc) is 3.21. The van der Waals surface area contributed by atoms with Crippen molar-refractivity contribution in [3.8, 4) is 0 Å². The lowest BCUT2D eigenvalue weighted by Gasteiger charge is -2.37. The normalized spacial score (nSPS) is 32.3. The van der Waals surface area contributed by atoms with E-state index in [0.29, 0.717) is 12.6 Å². The summed E-state index contributed by atoms with van der Waals surface area (Å²) in [4.78, 5) is 17.6. The molecule has 0 unspecified atom stereocenters. The highest BCUT2D eigenvalue weighted by atomic mass is 16.3. The molecule has 3 fully saturated rings. The highest BCUT2D eigenvalue weighted by molar-refractivity contribution is 5.80. The summed E-state index contributed by atoms with van der Waals surface area (Å²) in [6.07, 6.45) is 6.37. The molecule has 1 aromatic carbocycles. The van der Waals surface area contributed by atoms with Crippen LogP contribution in [0.25, 0.3) is 0 Å². The Morgan fingerprint density at radius 1 is 1.15 bits per heavy atom. The molecule has 4 heteroatoms. The van der Waals surface area contributed by atoms with Gasteiger partial charge in [-0.15, -0.1) is 0 Å². The lowest BCUT2D eigenvalue weighted by molar-refractivity contribution is -0.135. The molecule has 3 heterocycles. The van der Waals surface area contributed by atoms with Gasteiger partial charge in [0.25, 0.3) is 0 Å². The fourth-order valence-corrected chi connectivity index (χ4v) is 5.58. The van der Waals surface area contributed by atoms with Gasteiger partial charge >= 0.3 is 0 Å². The second-order valence-corrected chi connectivity index (χ2v) is 8.89. The summed E-state index contributed by atoms with van der Waals surface area (Å²) in [7, 11) is 0. The SMILES string of the molecule is CC1CCN(CC(=O)N2[C@H]3CC[C@@H]2[C@@](CO)(Cc2ccccc2)C3)CC1. The van der Waals surface area contributed by atoms with Crippen LogP contribution in [0.5, 0.6) is 0 Å². The third-order valence-electron chi connectivity index (χ3n) is 7.09. The predicted octanol–water partition coefficient (Wildman–Crippen LogP) is 2.70. The largest absolute Gasteiger partial charge is 0.396 e. The number of likely N-dealkylation sites (tertiary alicyclic amines) is 1. The first-order chi connectivity index (χ1) is 12.6. The summed E-state index contributed by atoms with van der Waals surface area (Å²) < 4.78 is 0. The number of benzene rings is 1. The number of hydrogen-bond donors (Lipinski definition) is 1. The van der Waals surface area contributed by atoms with Gasteiger partial charge in [-0.1, -0.05) is 37.3 Å². The van der Waals surface area contributed by atoms with E-state index in [1.54, 1.807) is 0 Å². The molecule has 2 bridgehead atoms. The van der Waals surface area contributed by atoms with Crippen LogP contribution in [0, 0.1) is 11.3 Å². The lowest BCUT2D eigenvalue weighted by atomic mass is 9.70. The Morgan fingerprint density at radius 2 is 1.88 bits per heavy atom. The maximum atomic E-state index is 13.1. The lowest BCUT2D eigenvalue weighted by Crippen LogP contribution is -2.48. The number of hydrogen-bond acceptors (Lipinski definition) is 3. The number of aliphatic hydroxyl groups is 1. The molecular weight excluding hydrogens is 324 g/mol. The molecule has 0 spiro atoms. The van der Waals surface area contributed by atoms with Gasteiger partial charge in [0, 0.05) is 17.5 Å². The van der Waals surface area contributed by atoms with Crippen molar-refractivity contribution in [2.75, 3.05) is 26.2 Å². The van der Waals surface area contributed by atoms with Crippen LogP contribution in [0.4, 0.5) is 0 Å². The number of amides is 1. The van der Waals surface area contributed by atoms with E-state index in [1.807, 2.05) is 6.07 Å². The fourth-order valence-electron chi connectivity index (χ4n) is 5.58. The summed E-state index contributed by atoms with van der Waals surface area (Å²) in [5.74, 6) is 1.08. The zero-order valence-electron chi connectivity index (χ0n) is 15.9. The first-order valence-electron chi connectivity index (χ1n) is 10.3. The first-order valence-corrected chi connectivity index (χ1v) is 10.3. The quantitative estimate of drug-likeness (QED) is 0.882. The smallest absolute Gasteiger partial charge is 0.237 e. The molecule has 3 aliphatic rings. The summed E-state index contributed by atoms with van der Waals surface area (Å²) in [5.41, 5.74) is 1.11. The molecule has 0 aliphatic carbocycles. The van der Waals surface area contributed by atoms with Gasteiger partial charge < -0.3 is 10.0 Å². The fraction of sp³-hybridized carbons (Fsp3) is 0.682. The van der Waals surface area contributed by atoms with Crippen molar-refractivity contribution in [2.24, 2.45) is 11.3 Å². The molecule has 3 aliphatic heterocycles.